The Balaban J connectivity index is 1.28. The molecule has 1 saturated heterocycles. The second kappa shape index (κ2) is 10.6. The molecule has 7 nitrogen and oxygen atoms in total. The number of aromatic nitrogens is 3. The van der Waals surface area contributed by atoms with Crippen molar-refractivity contribution in [2.45, 2.75) is 25.2 Å². The molecular formula is C23H27N5O2S. The van der Waals surface area contributed by atoms with Gasteiger partial charge in [-0.2, -0.15) is 0 Å². The molecule has 162 valence electrons. The number of thioether (sulfide) groups is 1. The Bertz CT molecular complexity index is 985. The molecule has 8 heteroatoms. The van der Waals surface area contributed by atoms with Crippen molar-refractivity contribution in [3.8, 4) is 0 Å². The SMILES string of the molecule is Cc1nnc(SCC(=O)Nc2ccc(CN3CCOCC3)cc2)n1Cc1ccccc1. The average Bonchev–Trinajstić information content (AvgIpc) is 3.14. The topological polar surface area (TPSA) is 72.3 Å². The summed E-state index contributed by atoms with van der Waals surface area (Å²) in [7, 11) is 0. The Morgan fingerprint density at radius 3 is 2.45 bits per heavy atom. The molecule has 0 bridgehead atoms. The van der Waals surface area contributed by atoms with Crippen molar-refractivity contribution in [1.82, 2.24) is 19.7 Å². The lowest BCUT2D eigenvalue weighted by Crippen LogP contribution is -2.35. The lowest BCUT2D eigenvalue weighted by atomic mass is 10.2. The number of nitrogens with zero attached hydrogens (tertiary/aromatic N) is 4. The van der Waals surface area contributed by atoms with E-state index in [0.29, 0.717) is 6.54 Å². The highest BCUT2D eigenvalue weighted by Gasteiger charge is 2.13. The molecule has 0 radical (unpaired) electrons. The molecule has 1 aliphatic heterocycles. The van der Waals surface area contributed by atoms with Gasteiger partial charge in [0.25, 0.3) is 0 Å². The second-order valence-corrected chi connectivity index (χ2v) is 8.47. The van der Waals surface area contributed by atoms with Crippen LogP contribution in [0.2, 0.25) is 0 Å². The number of amides is 1. The van der Waals surface area contributed by atoms with E-state index in [0.717, 1.165) is 49.5 Å². The molecule has 0 spiro atoms. The molecule has 1 amide bonds. The normalized spacial score (nSPS) is 14.5. The number of rotatable bonds is 8. The van der Waals surface area contributed by atoms with Gasteiger partial charge in [0.15, 0.2) is 5.16 Å². The van der Waals surface area contributed by atoms with Crippen molar-refractivity contribution in [2.75, 3.05) is 37.4 Å². The number of benzene rings is 2. The van der Waals surface area contributed by atoms with Crippen molar-refractivity contribution in [3.05, 3.63) is 71.5 Å². The molecule has 0 atom stereocenters. The van der Waals surface area contributed by atoms with Crippen LogP contribution in [0.15, 0.2) is 59.8 Å². The number of nitrogens with one attached hydrogen (secondary N) is 1. The zero-order valence-electron chi connectivity index (χ0n) is 17.7. The second-order valence-electron chi connectivity index (χ2n) is 7.52. The lowest BCUT2D eigenvalue weighted by molar-refractivity contribution is -0.113. The first-order valence-electron chi connectivity index (χ1n) is 10.4. The Morgan fingerprint density at radius 2 is 1.71 bits per heavy atom. The minimum absolute atomic E-state index is 0.0576. The average molecular weight is 438 g/mol. The van der Waals surface area contributed by atoms with E-state index in [1.807, 2.05) is 41.8 Å². The highest BCUT2D eigenvalue weighted by atomic mass is 32.2. The molecule has 1 N–H and O–H groups in total. The summed E-state index contributed by atoms with van der Waals surface area (Å²) in [5, 5.41) is 12.1. The maximum Gasteiger partial charge on any atom is 0.234 e. The monoisotopic (exact) mass is 437 g/mol. The summed E-state index contributed by atoms with van der Waals surface area (Å²) in [4.78, 5) is 14.8. The van der Waals surface area contributed by atoms with Gasteiger partial charge in [-0.25, -0.2) is 0 Å². The van der Waals surface area contributed by atoms with E-state index < -0.39 is 0 Å². The van der Waals surface area contributed by atoms with Crippen LogP contribution in [0.3, 0.4) is 0 Å². The molecular weight excluding hydrogens is 410 g/mol. The smallest absolute Gasteiger partial charge is 0.234 e. The fourth-order valence-electron chi connectivity index (χ4n) is 3.45. The van der Waals surface area contributed by atoms with Crippen molar-refractivity contribution in [2.24, 2.45) is 0 Å². The Labute approximate surface area is 186 Å². The van der Waals surface area contributed by atoms with Crippen LogP contribution in [0.4, 0.5) is 5.69 Å². The number of aryl methyl sites for hydroxylation is 1. The van der Waals surface area contributed by atoms with E-state index in [1.54, 1.807) is 0 Å². The van der Waals surface area contributed by atoms with Gasteiger partial charge in [-0.3, -0.25) is 9.69 Å². The number of carbonyl (C=O) groups is 1. The number of anilines is 1. The number of hydrogen-bond acceptors (Lipinski definition) is 6. The summed E-state index contributed by atoms with van der Waals surface area (Å²) < 4.78 is 7.43. The number of morpholine rings is 1. The van der Waals surface area contributed by atoms with Gasteiger partial charge in [-0.1, -0.05) is 54.2 Å². The number of hydrogen-bond donors (Lipinski definition) is 1. The van der Waals surface area contributed by atoms with Gasteiger partial charge in [0, 0.05) is 25.3 Å². The first-order valence-corrected chi connectivity index (χ1v) is 11.4. The van der Waals surface area contributed by atoms with E-state index in [4.69, 9.17) is 4.74 Å². The molecule has 1 fully saturated rings. The van der Waals surface area contributed by atoms with Crippen LogP contribution in [0.5, 0.6) is 0 Å². The summed E-state index contributed by atoms with van der Waals surface area (Å²) in [6.07, 6.45) is 0. The van der Waals surface area contributed by atoms with Crippen LogP contribution >= 0.6 is 11.8 Å². The summed E-state index contributed by atoms with van der Waals surface area (Å²) in [5.74, 6) is 1.06. The highest BCUT2D eigenvalue weighted by Crippen LogP contribution is 2.19. The van der Waals surface area contributed by atoms with Crippen molar-refractivity contribution < 1.29 is 9.53 Å². The quantitative estimate of drug-likeness (QED) is 0.546. The van der Waals surface area contributed by atoms with Gasteiger partial charge in [0.2, 0.25) is 5.91 Å². The first-order chi connectivity index (χ1) is 15.2. The van der Waals surface area contributed by atoms with E-state index in [9.17, 15) is 4.79 Å². The summed E-state index contributed by atoms with van der Waals surface area (Å²) in [6, 6.07) is 18.2. The molecule has 4 rings (SSSR count). The maximum absolute atomic E-state index is 12.5. The van der Waals surface area contributed by atoms with Crippen LogP contribution in [0, 0.1) is 6.92 Å². The van der Waals surface area contributed by atoms with Crippen LogP contribution in [-0.4, -0.2) is 57.6 Å². The summed E-state index contributed by atoms with van der Waals surface area (Å²) in [6.45, 7) is 7.04. The van der Waals surface area contributed by atoms with Gasteiger partial charge >= 0.3 is 0 Å². The number of ether oxygens (including phenoxy) is 1. The largest absolute Gasteiger partial charge is 0.379 e. The highest BCUT2D eigenvalue weighted by molar-refractivity contribution is 7.99. The standard InChI is InChI=1S/C23H27N5O2S/c1-18-25-26-23(28(18)16-19-5-3-2-4-6-19)31-17-22(29)24-21-9-7-20(8-10-21)15-27-11-13-30-14-12-27/h2-10H,11-17H2,1H3,(H,24,29). The molecule has 0 aliphatic carbocycles. The van der Waals surface area contributed by atoms with Gasteiger partial charge in [0.1, 0.15) is 5.82 Å². The lowest BCUT2D eigenvalue weighted by Gasteiger charge is -2.26. The van der Waals surface area contributed by atoms with Crippen LogP contribution in [0.1, 0.15) is 17.0 Å². The zero-order valence-corrected chi connectivity index (χ0v) is 18.5. The third-order valence-electron chi connectivity index (χ3n) is 5.17. The molecule has 3 aromatic rings. The maximum atomic E-state index is 12.5. The Morgan fingerprint density at radius 1 is 1.00 bits per heavy atom. The summed E-state index contributed by atoms with van der Waals surface area (Å²) in [5.41, 5.74) is 3.21. The number of carbonyl (C=O) groups excluding carboxylic acids is 1. The fraction of sp³-hybridized carbons (Fsp3) is 0.348. The van der Waals surface area contributed by atoms with Crippen LogP contribution < -0.4 is 5.32 Å². The van der Waals surface area contributed by atoms with E-state index in [1.165, 1.54) is 22.9 Å². The van der Waals surface area contributed by atoms with Crippen LogP contribution in [0.25, 0.3) is 0 Å². The zero-order chi connectivity index (χ0) is 21.5. The van der Waals surface area contributed by atoms with Gasteiger partial charge in [-0.15, -0.1) is 10.2 Å². The fourth-order valence-corrected chi connectivity index (χ4v) is 4.24. The molecule has 2 heterocycles. The van der Waals surface area contributed by atoms with Crippen molar-refractivity contribution >= 4 is 23.4 Å². The van der Waals surface area contributed by atoms with Gasteiger partial charge in [0.05, 0.1) is 25.5 Å². The molecule has 31 heavy (non-hydrogen) atoms. The predicted molar refractivity (Wildman–Crippen MR) is 122 cm³/mol. The minimum Gasteiger partial charge on any atom is -0.379 e. The Hall–Kier alpha value is -2.68. The summed E-state index contributed by atoms with van der Waals surface area (Å²) >= 11 is 1.40. The molecule has 0 unspecified atom stereocenters. The molecule has 1 aliphatic rings. The predicted octanol–water partition coefficient (Wildman–Crippen LogP) is 3.20. The van der Waals surface area contributed by atoms with Gasteiger partial charge < -0.3 is 14.6 Å². The van der Waals surface area contributed by atoms with Crippen molar-refractivity contribution in [3.63, 3.8) is 0 Å². The van der Waals surface area contributed by atoms with E-state index in [2.05, 4.69) is 44.7 Å². The van der Waals surface area contributed by atoms with E-state index in [-0.39, 0.29) is 11.7 Å². The third-order valence-corrected chi connectivity index (χ3v) is 6.13. The van der Waals surface area contributed by atoms with Crippen LogP contribution in [-0.2, 0) is 22.6 Å². The molecule has 1 aromatic heterocycles. The van der Waals surface area contributed by atoms with Gasteiger partial charge in [-0.05, 0) is 30.2 Å². The van der Waals surface area contributed by atoms with E-state index >= 15 is 0 Å². The van der Waals surface area contributed by atoms with Crippen molar-refractivity contribution in [1.29, 1.82) is 0 Å². The Kier molecular flexibility index (Phi) is 7.35. The third kappa shape index (κ3) is 6.16. The molecule has 2 aromatic carbocycles. The first kappa shape index (κ1) is 21.5. The minimum atomic E-state index is -0.0576. The molecule has 0 saturated carbocycles.